The number of rotatable bonds is 4. The SMILES string of the molecule is CCn1nc(C)c2nc(N)n(CCSC(F)(F)F)c21. The van der Waals surface area contributed by atoms with Crippen LogP contribution in [0.2, 0.25) is 0 Å². The van der Waals surface area contributed by atoms with Gasteiger partial charge in [0.15, 0.2) is 5.65 Å². The number of aromatic nitrogens is 4. The minimum atomic E-state index is -4.23. The Morgan fingerprint density at radius 1 is 1.37 bits per heavy atom. The van der Waals surface area contributed by atoms with E-state index in [1.165, 1.54) is 0 Å². The van der Waals surface area contributed by atoms with E-state index < -0.39 is 5.51 Å². The van der Waals surface area contributed by atoms with Crippen LogP contribution in [0.4, 0.5) is 19.1 Å². The molecule has 0 amide bonds. The van der Waals surface area contributed by atoms with Crippen molar-refractivity contribution in [1.29, 1.82) is 0 Å². The van der Waals surface area contributed by atoms with Crippen LogP contribution in [0.1, 0.15) is 12.6 Å². The van der Waals surface area contributed by atoms with Crippen LogP contribution in [0.15, 0.2) is 0 Å². The molecule has 9 heteroatoms. The number of anilines is 1. The molecule has 0 bridgehead atoms. The third kappa shape index (κ3) is 2.80. The monoisotopic (exact) mass is 293 g/mol. The summed E-state index contributed by atoms with van der Waals surface area (Å²) in [4.78, 5) is 4.16. The Hall–Kier alpha value is -1.38. The molecule has 5 nitrogen and oxygen atoms in total. The highest BCUT2D eigenvalue weighted by atomic mass is 32.2. The van der Waals surface area contributed by atoms with Crippen molar-refractivity contribution in [1.82, 2.24) is 19.3 Å². The van der Waals surface area contributed by atoms with Crippen molar-refractivity contribution in [2.45, 2.75) is 32.4 Å². The minimum absolute atomic E-state index is 0.0645. The second kappa shape index (κ2) is 4.95. The molecule has 0 aromatic carbocycles. The van der Waals surface area contributed by atoms with Gasteiger partial charge < -0.3 is 5.73 Å². The number of hydrogen-bond acceptors (Lipinski definition) is 4. The zero-order valence-corrected chi connectivity index (χ0v) is 11.3. The van der Waals surface area contributed by atoms with Crippen LogP contribution in [-0.2, 0) is 13.1 Å². The van der Waals surface area contributed by atoms with Gasteiger partial charge in [0.05, 0.1) is 5.69 Å². The summed E-state index contributed by atoms with van der Waals surface area (Å²) in [5.41, 5.74) is 3.59. The lowest BCUT2D eigenvalue weighted by molar-refractivity contribution is -0.0328. The predicted octanol–water partition coefficient (Wildman–Crippen LogP) is 2.40. The van der Waals surface area contributed by atoms with E-state index in [-0.39, 0.29) is 30.0 Å². The van der Waals surface area contributed by atoms with Gasteiger partial charge >= 0.3 is 5.51 Å². The largest absolute Gasteiger partial charge is 0.441 e. The summed E-state index contributed by atoms with van der Waals surface area (Å²) in [6, 6.07) is 0. The molecular weight excluding hydrogens is 279 g/mol. The molecule has 2 N–H and O–H groups in total. The lowest BCUT2D eigenvalue weighted by Crippen LogP contribution is -2.12. The molecule has 0 aliphatic heterocycles. The van der Waals surface area contributed by atoms with Crippen LogP contribution in [0.3, 0.4) is 0 Å². The predicted molar refractivity (Wildman–Crippen MR) is 68.9 cm³/mol. The van der Waals surface area contributed by atoms with E-state index in [2.05, 4.69) is 10.1 Å². The highest BCUT2D eigenvalue weighted by Crippen LogP contribution is 2.31. The van der Waals surface area contributed by atoms with Gasteiger partial charge in [0.2, 0.25) is 5.95 Å². The van der Waals surface area contributed by atoms with Gasteiger partial charge in [-0.15, -0.1) is 0 Å². The lowest BCUT2D eigenvalue weighted by Gasteiger charge is -2.09. The number of thioether (sulfide) groups is 1. The molecule has 2 aromatic rings. The van der Waals surface area contributed by atoms with Crippen molar-refractivity contribution in [3.8, 4) is 0 Å². The highest BCUT2D eigenvalue weighted by molar-refractivity contribution is 8.00. The molecule has 2 heterocycles. The van der Waals surface area contributed by atoms with Crippen molar-refractivity contribution in [2.24, 2.45) is 0 Å². The lowest BCUT2D eigenvalue weighted by atomic mass is 10.4. The third-order valence-electron chi connectivity index (χ3n) is 2.71. The molecule has 2 rings (SSSR count). The summed E-state index contributed by atoms with van der Waals surface area (Å²) in [6.07, 6.45) is 0. The Labute approximate surface area is 112 Å². The number of aryl methyl sites for hydroxylation is 3. The molecule has 0 aliphatic rings. The van der Waals surface area contributed by atoms with E-state index in [9.17, 15) is 13.2 Å². The Morgan fingerprint density at radius 2 is 2.05 bits per heavy atom. The van der Waals surface area contributed by atoms with Crippen molar-refractivity contribution >= 4 is 28.9 Å². The number of halogens is 3. The van der Waals surface area contributed by atoms with E-state index >= 15 is 0 Å². The summed E-state index contributed by atoms with van der Waals surface area (Å²) < 4.78 is 39.7. The maximum absolute atomic E-state index is 12.1. The summed E-state index contributed by atoms with van der Waals surface area (Å²) in [5.74, 6) is 0.119. The van der Waals surface area contributed by atoms with Crippen LogP contribution < -0.4 is 5.73 Å². The topological polar surface area (TPSA) is 61.7 Å². The van der Waals surface area contributed by atoms with Crippen LogP contribution >= 0.6 is 11.8 Å². The van der Waals surface area contributed by atoms with Crippen molar-refractivity contribution in [2.75, 3.05) is 11.5 Å². The summed E-state index contributed by atoms with van der Waals surface area (Å²) in [5, 5.41) is 4.28. The van der Waals surface area contributed by atoms with Crippen LogP contribution in [0.25, 0.3) is 11.2 Å². The standard InChI is InChI=1S/C10H14F3N5S/c1-3-18-8-7(6(2)16-18)15-9(14)17(8)4-5-19-10(11,12)13/h3-5H2,1-2H3,(H2,14,15). The van der Waals surface area contributed by atoms with Crippen LogP contribution in [-0.4, -0.2) is 30.6 Å². The summed E-state index contributed by atoms with van der Waals surface area (Å²) in [7, 11) is 0. The van der Waals surface area contributed by atoms with Gasteiger partial charge in [0.25, 0.3) is 0 Å². The zero-order valence-electron chi connectivity index (χ0n) is 10.5. The Bertz CT molecular complexity index is 586. The number of hydrogen-bond donors (Lipinski definition) is 1. The number of alkyl halides is 3. The average molecular weight is 293 g/mol. The maximum Gasteiger partial charge on any atom is 0.441 e. The summed E-state index contributed by atoms with van der Waals surface area (Å²) >= 11 is -0.0645. The Kier molecular flexibility index (Phi) is 3.66. The van der Waals surface area contributed by atoms with Gasteiger partial charge in [-0.3, -0.25) is 4.57 Å². The first-order valence-electron chi connectivity index (χ1n) is 5.73. The fourth-order valence-electron chi connectivity index (χ4n) is 1.93. The van der Waals surface area contributed by atoms with Gasteiger partial charge in [-0.25, -0.2) is 9.67 Å². The molecule has 2 aromatic heterocycles. The molecule has 0 unspecified atom stereocenters. The summed E-state index contributed by atoms with van der Waals surface area (Å²) in [6.45, 7) is 4.47. The third-order valence-corrected chi connectivity index (χ3v) is 3.42. The molecule has 19 heavy (non-hydrogen) atoms. The first kappa shape index (κ1) is 14.0. The van der Waals surface area contributed by atoms with Gasteiger partial charge in [0.1, 0.15) is 5.52 Å². The van der Waals surface area contributed by atoms with Crippen LogP contribution in [0, 0.1) is 6.92 Å². The highest BCUT2D eigenvalue weighted by Gasteiger charge is 2.28. The number of nitrogens with zero attached hydrogens (tertiary/aromatic N) is 4. The molecule has 0 saturated heterocycles. The fraction of sp³-hybridized carbons (Fsp3) is 0.600. The number of imidazole rings is 1. The minimum Gasteiger partial charge on any atom is -0.369 e. The number of fused-ring (bicyclic) bond motifs is 1. The average Bonchev–Trinajstić information content (AvgIpc) is 2.77. The smallest absolute Gasteiger partial charge is 0.369 e. The molecule has 0 fully saturated rings. The molecule has 0 aliphatic carbocycles. The number of nitrogen functional groups attached to an aromatic ring is 1. The van der Waals surface area contributed by atoms with E-state index in [4.69, 9.17) is 5.73 Å². The Morgan fingerprint density at radius 3 is 2.63 bits per heavy atom. The van der Waals surface area contributed by atoms with E-state index in [1.54, 1.807) is 16.2 Å². The fourth-order valence-corrected chi connectivity index (χ4v) is 2.44. The second-order valence-electron chi connectivity index (χ2n) is 3.99. The normalized spacial score (nSPS) is 12.5. The first-order valence-corrected chi connectivity index (χ1v) is 6.72. The molecular formula is C10H14F3N5S. The molecule has 0 radical (unpaired) electrons. The van der Waals surface area contributed by atoms with Gasteiger partial charge in [0, 0.05) is 18.8 Å². The van der Waals surface area contributed by atoms with Crippen LogP contribution in [0.5, 0.6) is 0 Å². The van der Waals surface area contributed by atoms with E-state index in [0.717, 1.165) is 5.69 Å². The Balaban J connectivity index is 2.29. The molecule has 0 atom stereocenters. The maximum atomic E-state index is 12.1. The van der Waals surface area contributed by atoms with Crippen molar-refractivity contribution in [3.05, 3.63) is 5.69 Å². The quantitative estimate of drug-likeness (QED) is 0.940. The van der Waals surface area contributed by atoms with Gasteiger partial charge in [-0.2, -0.15) is 18.3 Å². The van der Waals surface area contributed by atoms with Crippen molar-refractivity contribution in [3.63, 3.8) is 0 Å². The molecule has 0 spiro atoms. The van der Waals surface area contributed by atoms with Crippen molar-refractivity contribution < 1.29 is 13.2 Å². The molecule has 0 saturated carbocycles. The first-order chi connectivity index (χ1) is 8.83. The zero-order chi connectivity index (χ0) is 14.2. The van der Waals surface area contributed by atoms with Gasteiger partial charge in [-0.1, -0.05) is 0 Å². The van der Waals surface area contributed by atoms with Gasteiger partial charge in [-0.05, 0) is 25.6 Å². The molecule has 106 valence electrons. The van der Waals surface area contributed by atoms with E-state index in [1.807, 2.05) is 6.92 Å². The van der Waals surface area contributed by atoms with E-state index in [0.29, 0.717) is 17.7 Å². The second-order valence-corrected chi connectivity index (χ2v) is 5.15. The number of nitrogens with two attached hydrogens (primary N) is 1.